The Balaban J connectivity index is 2.08. The van der Waals surface area contributed by atoms with Gasteiger partial charge in [-0.3, -0.25) is 0 Å². The summed E-state index contributed by atoms with van der Waals surface area (Å²) in [6.07, 6.45) is 3.15. The van der Waals surface area contributed by atoms with E-state index in [1.807, 2.05) is 18.2 Å². The molecule has 3 aromatic rings. The van der Waals surface area contributed by atoms with Crippen molar-refractivity contribution in [3.8, 4) is 0 Å². The van der Waals surface area contributed by atoms with Gasteiger partial charge in [-0.15, -0.1) is 5.10 Å². The third-order valence-corrected chi connectivity index (χ3v) is 4.56. The second-order valence-electron chi connectivity index (χ2n) is 5.41. The minimum Gasteiger partial charge on any atom is -0.307 e. The summed E-state index contributed by atoms with van der Waals surface area (Å²) in [4.78, 5) is 4.25. The minimum absolute atomic E-state index is 0.0312. The molecule has 0 saturated carbocycles. The summed E-state index contributed by atoms with van der Waals surface area (Å²) in [7, 11) is -3.45. The predicted octanol–water partition coefficient (Wildman–Crippen LogP) is 1.27. The highest BCUT2D eigenvalue weighted by Crippen LogP contribution is 2.20. The highest BCUT2D eigenvalue weighted by molar-refractivity contribution is 7.90. The molecule has 0 radical (unpaired) electrons. The number of imidazole rings is 1. The zero-order chi connectivity index (χ0) is 16.4. The summed E-state index contributed by atoms with van der Waals surface area (Å²) in [5, 5.41) is 11.7. The SMILES string of the molecule is CCCCn1nnnc1Cn1c(S(C)(=O)=O)nc2ccccc21. The van der Waals surface area contributed by atoms with Crippen LogP contribution in [0.2, 0.25) is 0 Å². The Hall–Kier alpha value is -2.29. The highest BCUT2D eigenvalue weighted by Gasteiger charge is 2.21. The summed E-state index contributed by atoms with van der Waals surface area (Å²) in [6.45, 7) is 3.06. The fourth-order valence-corrected chi connectivity index (χ4v) is 3.28. The van der Waals surface area contributed by atoms with Gasteiger partial charge < -0.3 is 4.57 Å². The van der Waals surface area contributed by atoms with Gasteiger partial charge >= 0.3 is 0 Å². The minimum atomic E-state index is -3.45. The fourth-order valence-electron chi connectivity index (χ4n) is 2.45. The molecular formula is C14H18N6O2S. The number of nitrogens with zero attached hydrogens (tertiary/aromatic N) is 6. The van der Waals surface area contributed by atoms with Crippen LogP contribution in [0, 0.1) is 0 Å². The number of para-hydroxylation sites is 2. The van der Waals surface area contributed by atoms with Crippen LogP contribution < -0.4 is 0 Å². The Kier molecular flexibility index (Phi) is 4.12. The maximum absolute atomic E-state index is 12.1. The molecule has 8 nitrogen and oxygen atoms in total. The first-order valence-corrected chi connectivity index (χ1v) is 9.30. The molecule has 0 aliphatic rings. The van der Waals surface area contributed by atoms with Crippen LogP contribution in [0.1, 0.15) is 25.6 Å². The molecule has 0 amide bonds. The molecule has 23 heavy (non-hydrogen) atoms. The van der Waals surface area contributed by atoms with E-state index in [-0.39, 0.29) is 11.7 Å². The number of fused-ring (bicyclic) bond motifs is 1. The molecule has 0 N–H and O–H groups in total. The first-order valence-electron chi connectivity index (χ1n) is 7.41. The number of rotatable bonds is 6. The Morgan fingerprint density at radius 2 is 2.00 bits per heavy atom. The van der Waals surface area contributed by atoms with Gasteiger partial charge in [-0.05, 0) is 29.0 Å². The van der Waals surface area contributed by atoms with Gasteiger partial charge in [0.05, 0.1) is 17.6 Å². The van der Waals surface area contributed by atoms with Crippen LogP contribution in [0.5, 0.6) is 0 Å². The molecule has 0 fully saturated rings. The molecule has 0 bridgehead atoms. The van der Waals surface area contributed by atoms with Gasteiger partial charge in [0, 0.05) is 12.8 Å². The van der Waals surface area contributed by atoms with Crippen molar-refractivity contribution in [3.63, 3.8) is 0 Å². The van der Waals surface area contributed by atoms with Crippen molar-refractivity contribution in [1.29, 1.82) is 0 Å². The Bertz CT molecular complexity index is 928. The number of aryl methyl sites for hydroxylation is 1. The highest BCUT2D eigenvalue weighted by atomic mass is 32.2. The molecule has 2 heterocycles. The van der Waals surface area contributed by atoms with Gasteiger partial charge in [-0.25, -0.2) is 18.1 Å². The predicted molar refractivity (Wildman–Crippen MR) is 84.7 cm³/mol. The third kappa shape index (κ3) is 3.09. The average Bonchev–Trinajstić information content (AvgIpc) is 3.10. The van der Waals surface area contributed by atoms with Gasteiger partial charge in [0.15, 0.2) is 5.82 Å². The van der Waals surface area contributed by atoms with Crippen LogP contribution in [-0.2, 0) is 22.9 Å². The van der Waals surface area contributed by atoms with Crippen LogP contribution in [0.4, 0.5) is 0 Å². The normalized spacial score (nSPS) is 12.1. The second-order valence-corrected chi connectivity index (χ2v) is 7.32. The van der Waals surface area contributed by atoms with Crippen molar-refractivity contribution in [3.05, 3.63) is 30.1 Å². The average molecular weight is 334 g/mol. The van der Waals surface area contributed by atoms with Crippen molar-refractivity contribution in [2.24, 2.45) is 0 Å². The largest absolute Gasteiger partial charge is 0.307 e. The van der Waals surface area contributed by atoms with Crippen molar-refractivity contribution in [2.75, 3.05) is 6.26 Å². The molecule has 0 saturated heterocycles. The Morgan fingerprint density at radius 3 is 2.74 bits per heavy atom. The lowest BCUT2D eigenvalue weighted by atomic mass is 10.3. The number of hydrogen-bond donors (Lipinski definition) is 0. The van der Waals surface area contributed by atoms with E-state index in [1.54, 1.807) is 15.3 Å². The number of tetrazole rings is 1. The van der Waals surface area contributed by atoms with E-state index in [9.17, 15) is 8.42 Å². The number of unbranched alkanes of at least 4 members (excludes halogenated alkanes) is 1. The molecule has 2 aromatic heterocycles. The standard InChI is InChI=1S/C14H18N6O2S/c1-3-4-9-20-13(16-17-18-20)10-19-12-8-6-5-7-11(12)15-14(19)23(2,21)22/h5-8H,3-4,9-10H2,1-2H3. The van der Waals surface area contributed by atoms with E-state index in [0.29, 0.717) is 17.9 Å². The topological polar surface area (TPSA) is 95.6 Å². The summed E-state index contributed by atoms with van der Waals surface area (Å²) in [6, 6.07) is 7.32. The van der Waals surface area contributed by atoms with Gasteiger partial charge in [0.1, 0.15) is 0 Å². The molecule has 122 valence electrons. The molecule has 0 atom stereocenters. The summed E-state index contributed by atoms with van der Waals surface area (Å²) in [5.41, 5.74) is 1.39. The lowest BCUT2D eigenvalue weighted by Crippen LogP contribution is -2.14. The summed E-state index contributed by atoms with van der Waals surface area (Å²) < 4.78 is 27.5. The van der Waals surface area contributed by atoms with E-state index in [0.717, 1.165) is 24.6 Å². The molecule has 1 aromatic carbocycles. The van der Waals surface area contributed by atoms with Gasteiger partial charge in [0.2, 0.25) is 15.0 Å². The van der Waals surface area contributed by atoms with Gasteiger partial charge in [-0.2, -0.15) is 0 Å². The number of sulfone groups is 1. The molecular weight excluding hydrogens is 316 g/mol. The Morgan fingerprint density at radius 1 is 1.22 bits per heavy atom. The van der Waals surface area contributed by atoms with Crippen molar-refractivity contribution < 1.29 is 8.42 Å². The molecule has 3 rings (SSSR count). The van der Waals surface area contributed by atoms with Crippen LogP contribution in [0.25, 0.3) is 11.0 Å². The quantitative estimate of drug-likeness (QED) is 0.674. The number of aromatic nitrogens is 6. The van der Waals surface area contributed by atoms with E-state index >= 15 is 0 Å². The molecule has 0 aliphatic carbocycles. The first-order chi connectivity index (χ1) is 11.0. The molecule has 9 heteroatoms. The first kappa shape index (κ1) is 15.6. The van der Waals surface area contributed by atoms with Crippen LogP contribution >= 0.6 is 0 Å². The molecule has 0 spiro atoms. The van der Waals surface area contributed by atoms with Crippen LogP contribution in [0.15, 0.2) is 29.4 Å². The zero-order valence-electron chi connectivity index (χ0n) is 13.0. The van der Waals surface area contributed by atoms with Crippen molar-refractivity contribution in [1.82, 2.24) is 29.8 Å². The number of hydrogen-bond acceptors (Lipinski definition) is 6. The van der Waals surface area contributed by atoms with E-state index in [2.05, 4.69) is 27.4 Å². The van der Waals surface area contributed by atoms with Crippen molar-refractivity contribution in [2.45, 2.75) is 38.0 Å². The summed E-state index contributed by atoms with van der Waals surface area (Å²) >= 11 is 0. The number of benzene rings is 1. The Labute approximate surface area is 134 Å². The van der Waals surface area contributed by atoms with E-state index < -0.39 is 9.84 Å². The lowest BCUT2D eigenvalue weighted by Gasteiger charge is -2.08. The zero-order valence-corrected chi connectivity index (χ0v) is 13.9. The smallest absolute Gasteiger partial charge is 0.228 e. The third-order valence-electron chi connectivity index (χ3n) is 3.58. The van der Waals surface area contributed by atoms with E-state index in [4.69, 9.17) is 0 Å². The van der Waals surface area contributed by atoms with Gasteiger partial charge in [-0.1, -0.05) is 25.5 Å². The molecule has 0 unspecified atom stereocenters. The fraction of sp³-hybridized carbons (Fsp3) is 0.429. The maximum atomic E-state index is 12.1. The molecule has 0 aliphatic heterocycles. The van der Waals surface area contributed by atoms with E-state index in [1.165, 1.54) is 0 Å². The van der Waals surface area contributed by atoms with Crippen molar-refractivity contribution >= 4 is 20.9 Å². The van der Waals surface area contributed by atoms with Crippen LogP contribution in [-0.4, -0.2) is 44.4 Å². The second kappa shape index (κ2) is 6.07. The van der Waals surface area contributed by atoms with Crippen LogP contribution in [0.3, 0.4) is 0 Å². The summed E-state index contributed by atoms with van der Waals surface area (Å²) in [5.74, 6) is 0.617. The maximum Gasteiger partial charge on any atom is 0.228 e. The van der Waals surface area contributed by atoms with Gasteiger partial charge in [0.25, 0.3) is 0 Å². The lowest BCUT2D eigenvalue weighted by molar-refractivity contribution is 0.516. The monoisotopic (exact) mass is 334 g/mol.